The van der Waals surface area contributed by atoms with E-state index in [9.17, 15) is 4.79 Å². The third-order valence-corrected chi connectivity index (χ3v) is 6.28. The number of fused-ring (bicyclic) bond motifs is 1. The predicted molar refractivity (Wildman–Crippen MR) is 108 cm³/mol. The first-order chi connectivity index (χ1) is 13.8. The van der Waals surface area contributed by atoms with Gasteiger partial charge in [-0.25, -0.2) is 9.37 Å². The Morgan fingerprint density at radius 3 is 2.96 bits per heavy atom. The van der Waals surface area contributed by atoms with Crippen molar-refractivity contribution in [1.29, 1.82) is 0 Å². The Balaban J connectivity index is 1.37. The lowest BCUT2D eigenvalue weighted by Crippen LogP contribution is -2.31. The van der Waals surface area contributed by atoms with Crippen molar-refractivity contribution in [1.82, 2.24) is 25.0 Å². The van der Waals surface area contributed by atoms with Crippen LogP contribution < -0.4 is 5.69 Å². The molecular weight excluding hydrogens is 352 g/mol. The van der Waals surface area contributed by atoms with Crippen molar-refractivity contribution in [2.75, 3.05) is 13.1 Å². The Labute approximate surface area is 163 Å². The van der Waals surface area contributed by atoms with Crippen molar-refractivity contribution >= 4 is 17.1 Å². The van der Waals surface area contributed by atoms with Crippen LogP contribution in [-0.2, 0) is 0 Å². The minimum Gasteiger partial charge on any atom is -0.292 e. The highest BCUT2D eigenvalue weighted by atomic mass is 16.1. The van der Waals surface area contributed by atoms with Crippen molar-refractivity contribution in [2.45, 2.75) is 50.9 Å². The topological polar surface area (TPSA) is 82.4 Å². The van der Waals surface area contributed by atoms with Crippen molar-refractivity contribution in [3.8, 4) is 5.69 Å². The summed E-state index contributed by atoms with van der Waals surface area (Å²) in [6.45, 7) is 2.09. The second-order valence-electron chi connectivity index (χ2n) is 8.25. The third-order valence-electron chi connectivity index (χ3n) is 6.28. The Hall–Kier alpha value is -2.70. The molecule has 3 aromatic rings. The van der Waals surface area contributed by atoms with Gasteiger partial charge in [0.1, 0.15) is 18.6 Å². The van der Waals surface area contributed by atoms with Crippen molar-refractivity contribution in [2.24, 2.45) is 5.92 Å². The van der Waals surface area contributed by atoms with E-state index in [0.29, 0.717) is 0 Å². The lowest BCUT2D eigenvalue weighted by atomic mass is 9.88. The monoisotopic (exact) mass is 379 g/mol. The summed E-state index contributed by atoms with van der Waals surface area (Å²) < 4.78 is 3.94. The van der Waals surface area contributed by atoms with E-state index in [1.807, 2.05) is 18.2 Å². The fourth-order valence-electron chi connectivity index (χ4n) is 4.80. The van der Waals surface area contributed by atoms with Crippen LogP contribution in [-0.4, -0.2) is 48.8 Å². The summed E-state index contributed by atoms with van der Waals surface area (Å²) in [6, 6.07) is 5.80. The van der Waals surface area contributed by atoms with Gasteiger partial charge in [0.2, 0.25) is 0 Å². The van der Waals surface area contributed by atoms with E-state index in [2.05, 4.69) is 31.1 Å². The lowest BCUT2D eigenvalue weighted by Gasteiger charge is -2.23. The predicted octanol–water partition coefficient (Wildman–Crippen LogP) is 2.98. The third kappa shape index (κ3) is 3.30. The first-order valence-electron chi connectivity index (χ1n) is 10.5. The van der Waals surface area contributed by atoms with Gasteiger partial charge < -0.3 is 0 Å². The van der Waals surface area contributed by atoms with Gasteiger partial charge in [-0.3, -0.25) is 10.1 Å². The molecule has 0 bridgehead atoms. The molecule has 1 aliphatic heterocycles. The number of rotatable bonds is 4. The lowest BCUT2D eigenvalue weighted by molar-refractivity contribution is -0.539. The second-order valence-corrected chi connectivity index (χ2v) is 8.25. The summed E-state index contributed by atoms with van der Waals surface area (Å²) in [5, 5.41) is 12.7. The summed E-state index contributed by atoms with van der Waals surface area (Å²) in [5.41, 5.74) is 1.38. The molecule has 1 aliphatic carbocycles. The summed E-state index contributed by atoms with van der Waals surface area (Å²) in [5.74, 6) is 1.88. The van der Waals surface area contributed by atoms with Gasteiger partial charge in [0, 0.05) is 17.7 Å². The van der Waals surface area contributed by atoms with E-state index < -0.39 is 0 Å². The fraction of sp³-hybridized carbons (Fsp3) is 0.524. The molecule has 7 nitrogen and oxygen atoms in total. The van der Waals surface area contributed by atoms with E-state index in [1.165, 1.54) is 36.8 Å². The number of benzene rings is 1. The molecule has 0 radical (unpaired) electrons. The smallest absolute Gasteiger partial charge is 0.292 e. The van der Waals surface area contributed by atoms with Gasteiger partial charge in [-0.15, -0.1) is 5.10 Å². The highest BCUT2D eigenvalue weighted by molar-refractivity contribution is 5.85. The Bertz CT molecular complexity index is 1050. The van der Waals surface area contributed by atoms with Crippen LogP contribution in [0.4, 0.5) is 0 Å². The van der Waals surface area contributed by atoms with Gasteiger partial charge in [-0.1, -0.05) is 31.4 Å². The molecule has 1 aromatic carbocycles. The van der Waals surface area contributed by atoms with E-state index in [0.717, 1.165) is 54.3 Å². The first-order valence-corrected chi connectivity index (χ1v) is 10.5. The molecule has 2 aromatic heterocycles. The maximum Gasteiger partial charge on any atom is 0.348 e. The van der Waals surface area contributed by atoms with Crippen LogP contribution in [0.3, 0.4) is 0 Å². The average molecular weight is 379 g/mol. The zero-order chi connectivity index (χ0) is 18.9. The minimum atomic E-state index is -0.189. The van der Waals surface area contributed by atoms with E-state index >= 15 is 0 Å². The maximum absolute atomic E-state index is 12.6. The molecule has 1 unspecified atom stereocenters. The van der Waals surface area contributed by atoms with E-state index in [4.69, 9.17) is 0 Å². The molecule has 7 heteroatoms. The van der Waals surface area contributed by atoms with E-state index in [-0.39, 0.29) is 11.6 Å². The highest BCUT2D eigenvalue weighted by Crippen LogP contribution is 2.26. The van der Waals surface area contributed by atoms with Gasteiger partial charge >= 0.3 is 5.69 Å². The van der Waals surface area contributed by atoms with Crippen molar-refractivity contribution in [3.63, 3.8) is 0 Å². The Morgan fingerprint density at radius 1 is 1.18 bits per heavy atom. The summed E-state index contributed by atoms with van der Waals surface area (Å²) in [4.78, 5) is 15.7. The minimum absolute atomic E-state index is 0.189. The number of aromatic amines is 2. The zero-order valence-electron chi connectivity index (χ0n) is 16.1. The quantitative estimate of drug-likeness (QED) is 0.684. The van der Waals surface area contributed by atoms with Crippen LogP contribution in [0.15, 0.2) is 29.2 Å². The number of para-hydroxylation sites is 1. The Morgan fingerprint density at radius 2 is 2.07 bits per heavy atom. The van der Waals surface area contributed by atoms with Crippen LogP contribution >= 0.6 is 0 Å². The highest BCUT2D eigenvalue weighted by Gasteiger charge is 2.28. The van der Waals surface area contributed by atoms with Gasteiger partial charge in [-0.05, 0) is 25.3 Å². The SMILES string of the molecule is O=c1[nH]c(C2CCC=[N+](CC3CCCCC3)C2)nn1-c1cccc2cn[nH]c12. The average Bonchev–Trinajstić information content (AvgIpc) is 3.35. The number of H-pyrrole nitrogens is 2. The van der Waals surface area contributed by atoms with Gasteiger partial charge in [0.15, 0.2) is 6.54 Å². The molecule has 5 rings (SSSR count). The molecule has 1 saturated carbocycles. The molecule has 0 amide bonds. The van der Waals surface area contributed by atoms with E-state index in [1.54, 1.807) is 6.20 Å². The largest absolute Gasteiger partial charge is 0.348 e. The fourth-order valence-corrected chi connectivity index (χ4v) is 4.80. The molecule has 0 saturated heterocycles. The maximum atomic E-state index is 12.6. The number of nitrogens with one attached hydrogen (secondary N) is 2. The van der Waals surface area contributed by atoms with Crippen LogP contribution in [0.2, 0.25) is 0 Å². The molecule has 0 spiro atoms. The van der Waals surface area contributed by atoms with Crippen LogP contribution in [0.1, 0.15) is 56.7 Å². The number of hydrogen-bond donors (Lipinski definition) is 2. The molecule has 2 aliphatic rings. The molecule has 2 N–H and O–H groups in total. The van der Waals surface area contributed by atoms with Crippen LogP contribution in [0, 0.1) is 5.92 Å². The molecule has 28 heavy (non-hydrogen) atoms. The number of nitrogens with zero attached hydrogens (tertiary/aromatic N) is 4. The standard InChI is InChI=1S/C21H26N6O/c28-21-23-20(25-27(21)18-10-4-8-16-12-22-24-19(16)18)17-9-5-11-26(14-17)13-15-6-2-1-3-7-15/h4,8,10-12,15,17H,1-3,5-7,9,13-14H2,(H-,22,23,24,25,28)/p+1. The van der Waals surface area contributed by atoms with Crippen LogP contribution in [0.5, 0.6) is 0 Å². The van der Waals surface area contributed by atoms with Crippen LogP contribution in [0.25, 0.3) is 16.6 Å². The van der Waals surface area contributed by atoms with Crippen molar-refractivity contribution < 1.29 is 4.58 Å². The summed E-state index contributed by atoms with van der Waals surface area (Å²) in [7, 11) is 0. The van der Waals surface area contributed by atoms with Gasteiger partial charge in [-0.2, -0.15) is 9.78 Å². The van der Waals surface area contributed by atoms with Gasteiger partial charge in [0.05, 0.1) is 23.3 Å². The zero-order valence-corrected chi connectivity index (χ0v) is 16.1. The Kier molecular flexibility index (Phi) is 4.58. The van der Waals surface area contributed by atoms with Crippen molar-refractivity contribution in [3.05, 3.63) is 40.7 Å². The second kappa shape index (κ2) is 7.37. The molecule has 1 fully saturated rings. The first kappa shape index (κ1) is 17.4. The number of hydrogen-bond acceptors (Lipinski definition) is 3. The molecular formula is C21H27N6O+. The summed E-state index contributed by atoms with van der Waals surface area (Å²) in [6.07, 6.45) is 13.0. The number of aromatic nitrogens is 5. The molecule has 146 valence electrons. The van der Waals surface area contributed by atoms with Gasteiger partial charge in [0.25, 0.3) is 0 Å². The molecule has 3 heterocycles. The normalized spacial score (nSPS) is 21.1. The molecule has 1 atom stereocenters. The summed E-state index contributed by atoms with van der Waals surface area (Å²) >= 11 is 0.